The molecule has 0 fully saturated rings. The Morgan fingerprint density at radius 1 is 0.952 bits per heavy atom. The Morgan fingerprint density at radius 3 is 2.48 bits per heavy atom. The first-order valence-corrected chi connectivity index (χ1v) is 7.47. The van der Waals surface area contributed by atoms with Gasteiger partial charge in [0.25, 0.3) is 0 Å². The second-order valence-electron chi connectivity index (χ2n) is 5.96. The largest absolute Gasteiger partial charge is 0.289 e. The average molecular weight is 276 g/mol. The Hall–Kier alpha value is -2.15. The van der Waals surface area contributed by atoms with Crippen LogP contribution in [-0.2, 0) is 6.42 Å². The van der Waals surface area contributed by atoms with Gasteiger partial charge in [-0.25, -0.2) is 0 Å². The summed E-state index contributed by atoms with van der Waals surface area (Å²) in [7, 11) is 0. The Kier molecular flexibility index (Phi) is 3.50. The van der Waals surface area contributed by atoms with E-state index in [1.54, 1.807) is 0 Å². The number of ketones is 1. The standard InChI is InChI=1S/C20H20O/c1-13-10-15(3)18-9-8-17(20(21)19(18)11-13)12-16-7-5-4-6-14(16)2/h4-7,10-12H,8-9H2,1-3H3. The zero-order valence-corrected chi connectivity index (χ0v) is 12.9. The van der Waals surface area contributed by atoms with Gasteiger partial charge in [0.05, 0.1) is 0 Å². The lowest BCUT2D eigenvalue weighted by molar-refractivity contribution is 0.102. The molecule has 0 aromatic heterocycles. The van der Waals surface area contributed by atoms with Crippen molar-refractivity contribution in [3.8, 4) is 0 Å². The van der Waals surface area contributed by atoms with Gasteiger partial charge in [0.15, 0.2) is 5.78 Å². The summed E-state index contributed by atoms with van der Waals surface area (Å²) in [5.74, 6) is 0.200. The average Bonchev–Trinajstić information content (AvgIpc) is 2.44. The van der Waals surface area contributed by atoms with Gasteiger partial charge >= 0.3 is 0 Å². The number of fused-ring (bicyclic) bond motifs is 1. The van der Waals surface area contributed by atoms with Gasteiger partial charge in [0, 0.05) is 11.1 Å². The van der Waals surface area contributed by atoms with E-state index >= 15 is 0 Å². The van der Waals surface area contributed by atoms with E-state index in [0.717, 1.165) is 35.1 Å². The first-order chi connectivity index (χ1) is 10.1. The number of hydrogen-bond acceptors (Lipinski definition) is 1. The normalized spacial score (nSPS) is 16.1. The Morgan fingerprint density at radius 2 is 1.71 bits per heavy atom. The summed E-state index contributed by atoms with van der Waals surface area (Å²) in [6.45, 7) is 6.25. The molecular weight excluding hydrogens is 256 g/mol. The third-order valence-electron chi connectivity index (χ3n) is 4.32. The van der Waals surface area contributed by atoms with Crippen molar-refractivity contribution in [2.75, 3.05) is 0 Å². The number of benzene rings is 2. The van der Waals surface area contributed by atoms with Gasteiger partial charge in [0.1, 0.15) is 0 Å². The van der Waals surface area contributed by atoms with Crippen LogP contribution in [0.2, 0.25) is 0 Å². The van der Waals surface area contributed by atoms with E-state index in [4.69, 9.17) is 0 Å². The van der Waals surface area contributed by atoms with E-state index in [2.05, 4.69) is 45.0 Å². The lowest BCUT2D eigenvalue weighted by atomic mass is 9.83. The number of hydrogen-bond donors (Lipinski definition) is 0. The van der Waals surface area contributed by atoms with Crippen molar-refractivity contribution in [1.29, 1.82) is 0 Å². The van der Waals surface area contributed by atoms with Gasteiger partial charge in [-0.2, -0.15) is 0 Å². The Labute approximate surface area is 126 Å². The third-order valence-corrected chi connectivity index (χ3v) is 4.32. The van der Waals surface area contributed by atoms with Crippen LogP contribution in [0.1, 0.15) is 44.6 Å². The number of carbonyl (C=O) groups is 1. The fourth-order valence-electron chi connectivity index (χ4n) is 3.15. The zero-order valence-electron chi connectivity index (χ0n) is 12.9. The van der Waals surface area contributed by atoms with Gasteiger partial charge in [0.2, 0.25) is 0 Å². The summed E-state index contributed by atoms with van der Waals surface area (Å²) in [5.41, 5.74) is 7.83. The molecule has 21 heavy (non-hydrogen) atoms. The van der Waals surface area contributed by atoms with E-state index < -0.39 is 0 Å². The Balaban J connectivity index is 2.05. The van der Waals surface area contributed by atoms with Gasteiger partial charge in [-0.15, -0.1) is 0 Å². The van der Waals surface area contributed by atoms with Crippen molar-refractivity contribution in [2.45, 2.75) is 33.6 Å². The molecule has 1 aliphatic rings. The summed E-state index contributed by atoms with van der Waals surface area (Å²) < 4.78 is 0. The van der Waals surface area contributed by atoms with Crippen LogP contribution < -0.4 is 0 Å². The van der Waals surface area contributed by atoms with Gasteiger partial charge in [-0.3, -0.25) is 4.79 Å². The molecule has 0 spiro atoms. The molecule has 0 amide bonds. The van der Waals surface area contributed by atoms with Gasteiger partial charge in [-0.1, -0.05) is 35.9 Å². The second kappa shape index (κ2) is 5.33. The SMILES string of the molecule is Cc1cc(C)c2c(c1)C(=O)C(=Cc1ccccc1C)CC2. The van der Waals surface area contributed by atoms with Crippen LogP contribution >= 0.6 is 0 Å². The lowest BCUT2D eigenvalue weighted by Gasteiger charge is -2.20. The van der Waals surface area contributed by atoms with Crippen molar-refractivity contribution in [2.24, 2.45) is 0 Å². The third kappa shape index (κ3) is 2.56. The van der Waals surface area contributed by atoms with Gasteiger partial charge in [-0.05, 0) is 68.0 Å². The topological polar surface area (TPSA) is 17.1 Å². The maximum absolute atomic E-state index is 12.8. The summed E-state index contributed by atoms with van der Waals surface area (Å²) >= 11 is 0. The van der Waals surface area contributed by atoms with Crippen LogP contribution in [0.5, 0.6) is 0 Å². The molecule has 0 aliphatic heterocycles. The van der Waals surface area contributed by atoms with E-state index in [-0.39, 0.29) is 5.78 Å². The lowest BCUT2D eigenvalue weighted by Crippen LogP contribution is -2.15. The van der Waals surface area contributed by atoms with Crippen LogP contribution in [0, 0.1) is 20.8 Å². The molecule has 0 unspecified atom stereocenters. The Bertz CT molecular complexity index is 750. The van der Waals surface area contributed by atoms with Crippen LogP contribution in [0.25, 0.3) is 6.08 Å². The number of allylic oxidation sites excluding steroid dienone is 1. The fraction of sp³-hybridized carbons (Fsp3) is 0.250. The molecule has 3 rings (SSSR count). The molecule has 2 aromatic rings. The zero-order chi connectivity index (χ0) is 15.0. The summed E-state index contributed by atoms with van der Waals surface area (Å²) in [5, 5.41) is 0. The molecule has 0 bridgehead atoms. The number of aryl methyl sites for hydroxylation is 3. The quantitative estimate of drug-likeness (QED) is 0.682. The molecule has 0 radical (unpaired) electrons. The van der Waals surface area contributed by atoms with E-state index in [1.165, 1.54) is 16.7 Å². The molecule has 2 aromatic carbocycles. The van der Waals surface area contributed by atoms with E-state index in [0.29, 0.717) is 0 Å². The first kappa shape index (κ1) is 13.8. The predicted molar refractivity (Wildman–Crippen MR) is 87.7 cm³/mol. The van der Waals surface area contributed by atoms with E-state index in [9.17, 15) is 4.79 Å². The highest BCUT2D eigenvalue weighted by atomic mass is 16.1. The van der Waals surface area contributed by atoms with Crippen molar-refractivity contribution in [3.63, 3.8) is 0 Å². The van der Waals surface area contributed by atoms with Crippen LogP contribution in [0.3, 0.4) is 0 Å². The van der Waals surface area contributed by atoms with Crippen molar-refractivity contribution < 1.29 is 4.79 Å². The summed E-state index contributed by atoms with van der Waals surface area (Å²) in [6, 6.07) is 12.4. The highest BCUT2D eigenvalue weighted by Gasteiger charge is 2.23. The highest BCUT2D eigenvalue weighted by Crippen LogP contribution is 2.30. The van der Waals surface area contributed by atoms with Crippen LogP contribution in [0.4, 0.5) is 0 Å². The maximum Gasteiger partial charge on any atom is 0.189 e. The molecule has 0 N–H and O–H groups in total. The minimum absolute atomic E-state index is 0.200. The van der Waals surface area contributed by atoms with E-state index in [1.807, 2.05) is 18.2 Å². The van der Waals surface area contributed by atoms with Crippen molar-refractivity contribution in [1.82, 2.24) is 0 Å². The molecule has 0 saturated carbocycles. The monoisotopic (exact) mass is 276 g/mol. The smallest absolute Gasteiger partial charge is 0.189 e. The van der Waals surface area contributed by atoms with Gasteiger partial charge < -0.3 is 0 Å². The number of rotatable bonds is 1. The number of Topliss-reactive ketones (excluding diaryl/α,β-unsaturated/α-hetero) is 1. The van der Waals surface area contributed by atoms with Crippen molar-refractivity contribution >= 4 is 11.9 Å². The van der Waals surface area contributed by atoms with Crippen LogP contribution in [-0.4, -0.2) is 5.78 Å². The molecule has 1 nitrogen and oxygen atoms in total. The second-order valence-corrected chi connectivity index (χ2v) is 5.96. The molecule has 0 heterocycles. The molecule has 0 saturated heterocycles. The minimum atomic E-state index is 0.200. The minimum Gasteiger partial charge on any atom is -0.289 e. The first-order valence-electron chi connectivity index (χ1n) is 7.47. The summed E-state index contributed by atoms with van der Waals surface area (Å²) in [4.78, 5) is 12.8. The highest BCUT2D eigenvalue weighted by molar-refractivity contribution is 6.13. The molecule has 0 atom stereocenters. The molecular formula is C20H20O. The summed E-state index contributed by atoms with van der Waals surface area (Å²) in [6.07, 6.45) is 3.87. The van der Waals surface area contributed by atoms with Crippen molar-refractivity contribution in [3.05, 3.63) is 75.4 Å². The molecule has 1 heteroatoms. The number of carbonyl (C=O) groups excluding carboxylic acids is 1. The predicted octanol–water partition coefficient (Wildman–Crippen LogP) is 4.82. The van der Waals surface area contributed by atoms with Crippen LogP contribution in [0.15, 0.2) is 42.0 Å². The fourth-order valence-corrected chi connectivity index (χ4v) is 3.15. The maximum atomic E-state index is 12.8. The molecule has 106 valence electrons. The molecule has 1 aliphatic carbocycles.